The zero-order valence-electron chi connectivity index (χ0n) is 20.2. The monoisotopic (exact) mass is 523 g/mol. The van der Waals surface area contributed by atoms with E-state index < -0.39 is 42.0 Å². The maximum atomic E-state index is 13.9. The molecule has 1 saturated heterocycles. The number of aromatic nitrogens is 2. The Morgan fingerprint density at radius 3 is 2.49 bits per heavy atom. The summed E-state index contributed by atoms with van der Waals surface area (Å²) >= 11 is 5.94. The van der Waals surface area contributed by atoms with E-state index >= 15 is 0 Å². The number of likely N-dealkylation sites (tertiary alicyclic amines) is 1. The van der Waals surface area contributed by atoms with Crippen molar-refractivity contribution in [1.29, 1.82) is 0 Å². The number of methoxy groups -OCH3 is 1. The van der Waals surface area contributed by atoms with Crippen molar-refractivity contribution in [1.82, 2.24) is 19.9 Å². The largest absolute Gasteiger partial charge is 0.497 e. The summed E-state index contributed by atoms with van der Waals surface area (Å²) in [6, 6.07) is 11.7. The van der Waals surface area contributed by atoms with E-state index in [4.69, 9.17) is 20.9 Å². The van der Waals surface area contributed by atoms with Gasteiger partial charge in [0.05, 0.1) is 13.5 Å². The minimum absolute atomic E-state index is 0.126. The fourth-order valence-corrected chi connectivity index (χ4v) is 4.68. The summed E-state index contributed by atoms with van der Waals surface area (Å²) in [6.07, 6.45) is -0.401. The maximum absolute atomic E-state index is 13.9. The molecule has 37 heavy (non-hydrogen) atoms. The van der Waals surface area contributed by atoms with Crippen LogP contribution in [0.1, 0.15) is 17.9 Å². The van der Waals surface area contributed by atoms with Crippen molar-refractivity contribution in [2.75, 3.05) is 32.6 Å². The van der Waals surface area contributed by atoms with Gasteiger partial charge in [0.15, 0.2) is 5.41 Å². The van der Waals surface area contributed by atoms with Gasteiger partial charge in [0.2, 0.25) is 29.4 Å². The smallest absolute Gasteiger partial charge is 0.250 e. The summed E-state index contributed by atoms with van der Waals surface area (Å²) in [7, 11) is 4.51. The molecule has 4 amide bonds. The molecule has 1 aromatic heterocycles. The second-order valence-electron chi connectivity index (χ2n) is 8.95. The van der Waals surface area contributed by atoms with E-state index in [1.807, 2.05) is 0 Å². The second kappa shape index (κ2) is 9.00. The van der Waals surface area contributed by atoms with Crippen LogP contribution in [0.15, 0.2) is 47.0 Å². The van der Waals surface area contributed by atoms with E-state index in [1.165, 1.54) is 31.0 Å². The van der Waals surface area contributed by atoms with E-state index in [0.29, 0.717) is 33.4 Å². The fraction of sp³-hybridized carbons (Fsp3) is 0.280. The molecule has 1 unspecified atom stereocenters. The predicted octanol–water partition coefficient (Wildman–Crippen LogP) is 2.03. The van der Waals surface area contributed by atoms with Crippen LogP contribution in [0.2, 0.25) is 5.02 Å². The number of fused-ring (bicyclic) bond motifs is 2. The molecule has 1 atom stereocenters. The van der Waals surface area contributed by atoms with Crippen LogP contribution in [0, 0.1) is 0 Å². The summed E-state index contributed by atoms with van der Waals surface area (Å²) < 4.78 is 10.7. The Balaban J connectivity index is 1.51. The van der Waals surface area contributed by atoms with Crippen LogP contribution in [0.5, 0.6) is 5.75 Å². The summed E-state index contributed by atoms with van der Waals surface area (Å²) in [5.74, 6) is -1.54. The number of ether oxygens (including phenoxy) is 1. The highest BCUT2D eigenvalue weighted by Crippen LogP contribution is 2.50. The number of carbonyl (C=O) groups is 4. The molecule has 2 aromatic carbocycles. The standard InChI is InChI=1S/C25H22ClN5O6/c1-29(2)21(33)13-31-20(32)11-25(24(31)35)17-10-16(36-3)8-9-18(17)30(23(25)34)12-19-27-22(28-37-19)14-4-6-15(26)7-5-14/h4-10H,11-13H2,1-3H3. The van der Waals surface area contributed by atoms with Crippen LogP contribution < -0.4 is 9.64 Å². The van der Waals surface area contributed by atoms with Crippen LogP contribution in [-0.4, -0.2) is 71.3 Å². The van der Waals surface area contributed by atoms with Crippen LogP contribution in [0.4, 0.5) is 5.69 Å². The number of carbonyl (C=O) groups excluding carboxylic acids is 4. The minimum atomic E-state index is -1.81. The van der Waals surface area contributed by atoms with Gasteiger partial charge in [0.25, 0.3) is 5.91 Å². The molecule has 0 saturated carbocycles. The Bertz CT molecular complexity index is 1440. The number of amides is 4. The van der Waals surface area contributed by atoms with E-state index in [9.17, 15) is 19.2 Å². The van der Waals surface area contributed by atoms with Gasteiger partial charge in [-0.3, -0.25) is 24.1 Å². The first-order chi connectivity index (χ1) is 17.6. The number of nitrogens with zero attached hydrogens (tertiary/aromatic N) is 5. The third-order valence-corrected chi connectivity index (χ3v) is 6.80. The summed E-state index contributed by atoms with van der Waals surface area (Å²) in [4.78, 5) is 60.7. The van der Waals surface area contributed by atoms with Crippen molar-refractivity contribution in [2.45, 2.75) is 18.4 Å². The average molecular weight is 524 g/mol. The second-order valence-corrected chi connectivity index (χ2v) is 9.38. The molecule has 0 radical (unpaired) electrons. The Morgan fingerprint density at radius 1 is 1.11 bits per heavy atom. The van der Waals surface area contributed by atoms with Crippen LogP contribution in [-0.2, 0) is 31.1 Å². The molecule has 1 spiro atoms. The zero-order valence-corrected chi connectivity index (χ0v) is 21.0. The molecule has 3 heterocycles. The molecule has 190 valence electrons. The molecule has 5 rings (SSSR count). The van der Waals surface area contributed by atoms with Crippen LogP contribution in [0.3, 0.4) is 0 Å². The topological polar surface area (TPSA) is 126 Å². The van der Waals surface area contributed by atoms with Gasteiger partial charge >= 0.3 is 0 Å². The normalized spacial score (nSPS) is 18.6. The third-order valence-electron chi connectivity index (χ3n) is 6.55. The molecule has 11 nitrogen and oxygen atoms in total. The van der Waals surface area contributed by atoms with Gasteiger partial charge in [-0.25, -0.2) is 0 Å². The molecular weight excluding hydrogens is 502 g/mol. The van der Waals surface area contributed by atoms with Crippen molar-refractivity contribution in [3.05, 3.63) is 58.9 Å². The SMILES string of the molecule is COc1ccc2c(c1)C1(CC(=O)N(CC(=O)N(C)C)C1=O)C(=O)N2Cc1nc(-c2ccc(Cl)cc2)no1. The number of anilines is 1. The van der Waals surface area contributed by atoms with Gasteiger partial charge in [0, 0.05) is 35.9 Å². The zero-order chi connectivity index (χ0) is 26.5. The molecule has 0 aliphatic carbocycles. The lowest BCUT2D eigenvalue weighted by Gasteiger charge is -2.22. The first-order valence-electron chi connectivity index (χ1n) is 11.3. The quantitative estimate of drug-likeness (QED) is 0.355. The van der Waals surface area contributed by atoms with Crippen LogP contribution >= 0.6 is 11.6 Å². The minimum Gasteiger partial charge on any atom is -0.497 e. The third kappa shape index (κ3) is 3.91. The van der Waals surface area contributed by atoms with Gasteiger partial charge in [-0.15, -0.1) is 0 Å². The van der Waals surface area contributed by atoms with Gasteiger partial charge in [-0.2, -0.15) is 4.98 Å². The van der Waals surface area contributed by atoms with Gasteiger partial charge in [-0.05, 0) is 42.5 Å². The number of halogens is 1. The molecule has 0 bridgehead atoms. The maximum Gasteiger partial charge on any atom is 0.250 e. The highest BCUT2D eigenvalue weighted by molar-refractivity contribution is 6.30. The van der Waals surface area contributed by atoms with Gasteiger partial charge in [0.1, 0.15) is 18.8 Å². The highest BCUT2D eigenvalue weighted by atomic mass is 35.5. The summed E-state index contributed by atoms with van der Waals surface area (Å²) in [5, 5.41) is 4.54. The molecule has 0 N–H and O–H groups in total. The van der Waals surface area contributed by atoms with Gasteiger partial charge < -0.3 is 19.1 Å². The number of benzene rings is 2. The summed E-state index contributed by atoms with van der Waals surface area (Å²) in [6.45, 7) is -0.578. The number of hydrogen-bond donors (Lipinski definition) is 0. The number of hydrogen-bond acceptors (Lipinski definition) is 8. The number of likely N-dealkylation sites (N-methyl/N-ethyl adjacent to an activating group) is 1. The number of rotatable bonds is 6. The molecule has 3 aromatic rings. The Kier molecular flexibility index (Phi) is 5.95. The fourth-order valence-electron chi connectivity index (χ4n) is 4.56. The first kappa shape index (κ1) is 24.4. The molecule has 12 heteroatoms. The highest BCUT2D eigenvalue weighted by Gasteiger charge is 2.64. The predicted molar refractivity (Wildman–Crippen MR) is 131 cm³/mol. The molecular formula is C25H22ClN5O6. The van der Waals surface area contributed by atoms with Crippen LogP contribution in [0.25, 0.3) is 11.4 Å². The lowest BCUT2D eigenvalue weighted by atomic mass is 9.80. The van der Waals surface area contributed by atoms with E-state index in [-0.39, 0.29) is 12.4 Å². The van der Waals surface area contributed by atoms with Gasteiger partial charge in [-0.1, -0.05) is 16.8 Å². The lowest BCUT2D eigenvalue weighted by molar-refractivity contribution is -0.146. The lowest BCUT2D eigenvalue weighted by Crippen LogP contribution is -2.48. The summed E-state index contributed by atoms with van der Waals surface area (Å²) in [5.41, 5.74) is -0.398. The van der Waals surface area contributed by atoms with Crippen molar-refractivity contribution in [3.8, 4) is 17.1 Å². The first-order valence-corrected chi connectivity index (χ1v) is 11.7. The Morgan fingerprint density at radius 2 is 1.81 bits per heavy atom. The van der Waals surface area contributed by atoms with E-state index in [0.717, 1.165) is 4.90 Å². The Labute approximate surface area is 216 Å². The average Bonchev–Trinajstić information content (AvgIpc) is 3.51. The van der Waals surface area contributed by atoms with Crippen molar-refractivity contribution < 1.29 is 28.4 Å². The Hall–Kier alpha value is -4.25. The van der Waals surface area contributed by atoms with Crippen molar-refractivity contribution in [2.24, 2.45) is 0 Å². The van der Waals surface area contributed by atoms with E-state index in [1.54, 1.807) is 42.5 Å². The van der Waals surface area contributed by atoms with E-state index in [2.05, 4.69) is 10.1 Å². The van der Waals surface area contributed by atoms with Crippen molar-refractivity contribution in [3.63, 3.8) is 0 Å². The molecule has 1 fully saturated rings. The molecule has 2 aliphatic rings. The number of imide groups is 1. The molecule has 2 aliphatic heterocycles. The van der Waals surface area contributed by atoms with Crippen molar-refractivity contribution >= 4 is 40.9 Å².